The van der Waals surface area contributed by atoms with Crippen LogP contribution >= 0.6 is 0 Å². The standard InChI is InChI=1S/C13H17NO3/c1-3-7-14-10-8-9(15)5-6-12(10)17-11(4-2)13(14)16/h5-6,8,11,15H,3-4,7H2,1-2H3. The van der Waals surface area contributed by atoms with Crippen LogP contribution in [0.5, 0.6) is 11.5 Å². The van der Waals surface area contributed by atoms with Crippen molar-refractivity contribution in [2.75, 3.05) is 11.4 Å². The molecular weight excluding hydrogens is 218 g/mol. The van der Waals surface area contributed by atoms with Gasteiger partial charge >= 0.3 is 0 Å². The number of nitrogens with zero attached hydrogens (tertiary/aromatic N) is 1. The molecule has 1 aromatic rings. The first-order valence-electron chi connectivity index (χ1n) is 5.98. The van der Waals surface area contributed by atoms with Crippen molar-refractivity contribution < 1.29 is 14.6 Å². The van der Waals surface area contributed by atoms with Gasteiger partial charge in [0, 0.05) is 12.6 Å². The topological polar surface area (TPSA) is 49.8 Å². The van der Waals surface area contributed by atoms with Gasteiger partial charge < -0.3 is 14.7 Å². The van der Waals surface area contributed by atoms with Gasteiger partial charge in [-0.25, -0.2) is 0 Å². The van der Waals surface area contributed by atoms with Crippen molar-refractivity contribution in [2.45, 2.75) is 32.8 Å². The highest BCUT2D eigenvalue weighted by molar-refractivity contribution is 6.00. The molecule has 92 valence electrons. The number of carbonyl (C=O) groups excluding carboxylic acids is 1. The first kappa shape index (κ1) is 11.8. The third-order valence-corrected chi connectivity index (χ3v) is 2.86. The second-order valence-electron chi connectivity index (χ2n) is 4.16. The molecule has 1 N–H and O–H groups in total. The van der Waals surface area contributed by atoms with Crippen LogP contribution in [0.1, 0.15) is 26.7 Å². The minimum absolute atomic E-state index is 0.0209. The van der Waals surface area contributed by atoms with Crippen molar-refractivity contribution in [3.8, 4) is 11.5 Å². The van der Waals surface area contributed by atoms with Crippen LogP contribution in [0, 0.1) is 0 Å². The highest BCUT2D eigenvalue weighted by atomic mass is 16.5. The minimum atomic E-state index is -0.404. The maximum Gasteiger partial charge on any atom is 0.268 e. The lowest BCUT2D eigenvalue weighted by molar-refractivity contribution is -0.126. The molecule has 1 aliphatic heterocycles. The van der Waals surface area contributed by atoms with Gasteiger partial charge in [0.2, 0.25) is 0 Å². The van der Waals surface area contributed by atoms with Crippen LogP contribution in [0.3, 0.4) is 0 Å². The smallest absolute Gasteiger partial charge is 0.268 e. The second kappa shape index (κ2) is 4.65. The highest BCUT2D eigenvalue weighted by Gasteiger charge is 2.32. The third kappa shape index (κ3) is 2.07. The van der Waals surface area contributed by atoms with Gasteiger partial charge in [-0.1, -0.05) is 13.8 Å². The summed E-state index contributed by atoms with van der Waals surface area (Å²) in [6.07, 6.45) is 1.12. The van der Waals surface area contributed by atoms with E-state index in [0.717, 1.165) is 6.42 Å². The predicted molar refractivity (Wildman–Crippen MR) is 65.5 cm³/mol. The van der Waals surface area contributed by atoms with E-state index in [1.807, 2.05) is 13.8 Å². The summed E-state index contributed by atoms with van der Waals surface area (Å²) in [6, 6.07) is 4.86. The summed E-state index contributed by atoms with van der Waals surface area (Å²) in [5.74, 6) is 0.798. The number of aromatic hydroxyl groups is 1. The van der Waals surface area contributed by atoms with E-state index in [2.05, 4.69) is 0 Å². The van der Waals surface area contributed by atoms with Gasteiger partial charge in [-0.15, -0.1) is 0 Å². The van der Waals surface area contributed by atoms with Crippen molar-refractivity contribution in [1.29, 1.82) is 0 Å². The molecule has 0 aliphatic carbocycles. The molecule has 4 nitrogen and oxygen atoms in total. The maximum atomic E-state index is 12.1. The van der Waals surface area contributed by atoms with Gasteiger partial charge in [0.25, 0.3) is 5.91 Å². The average molecular weight is 235 g/mol. The second-order valence-corrected chi connectivity index (χ2v) is 4.16. The Bertz CT molecular complexity index is 431. The molecule has 0 saturated carbocycles. The SMILES string of the molecule is CCCN1C(=O)C(CC)Oc2ccc(O)cc21. The molecular formula is C13H17NO3. The number of hydrogen-bond acceptors (Lipinski definition) is 3. The van der Waals surface area contributed by atoms with Gasteiger partial charge in [-0.2, -0.15) is 0 Å². The highest BCUT2D eigenvalue weighted by Crippen LogP contribution is 2.37. The summed E-state index contributed by atoms with van der Waals surface area (Å²) in [5.41, 5.74) is 0.668. The normalized spacial score (nSPS) is 18.8. The number of amides is 1. The maximum absolute atomic E-state index is 12.1. The molecule has 1 heterocycles. The molecule has 0 bridgehead atoms. The van der Waals surface area contributed by atoms with E-state index in [1.165, 1.54) is 0 Å². The number of fused-ring (bicyclic) bond motifs is 1. The van der Waals surface area contributed by atoms with E-state index in [0.29, 0.717) is 24.4 Å². The third-order valence-electron chi connectivity index (χ3n) is 2.86. The molecule has 0 aromatic heterocycles. The summed E-state index contributed by atoms with van der Waals surface area (Å²) >= 11 is 0. The molecule has 17 heavy (non-hydrogen) atoms. The number of ether oxygens (including phenoxy) is 1. The number of phenols is 1. The van der Waals surface area contributed by atoms with Gasteiger partial charge in [-0.3, -0.25) is 4.79 Å². The van der Waals surface area contributed by atoms with Crippen LogP contribution in [-0.2, 0) is 4.79 Å². The van der Waals surface area contributed by atoms with Crippen molar-refractivity contribution in [2.24, 2.45) is 0 Å². The van der Waals surface area contributed by atoms with Gasteiger partial charge in [0.1, 0.15) is 11.5 Å². The number of hydrogen-bond donors (Lipinski definition) is 1. The van der Waals surface area contributed by atoms with E-state index < -0.39 is 6.10 Å². The number of anilines is 1. The fraction of sp³-hybridized carbons (Fsp3) is 0.462. The van der Waals surface area contributed by atoms with Crippen molar-refractivity contribution in [1.82, 2.24) is 0 Å². The summed E-state index contributed by atoms with van der Waals surface area (Å²) in [4.78, 5) is 13.8. The zero-order chi connectivity index (χ0) is 12.4. The van der Waals surface area contributed by atoms with Gasteiger partial charge in [0.05, 0.1) is 5.69 Å². The van der Waals surface area contributed by atoms with E-state index in [9.17, 15) is 9.90 Å². The average Bonchev–Trinajstić information content (AvgIpc) is 2.33. The zero-order valence-electron chi connectivity index (χ0n) is 10.1. The molecule has 0 spiro atoms. The van der Waals surface area contributed by atoms with Crippen LogP contribution < -0.4 is 9.64 Å². The van der Waals surface area contributed by atoms with E-state index in [1.54, 1.807) is 23.1 Å². The summed E-state index contributed by atoms with van der Waals surface area (Å²) in [6.45, 7) is 4.60. The molecule has 1 aliphatic rings. The van der Waals surface area contributed by atoms with Gasteiger partial charge in [0.15, 0.2) is 6.10 Å². The molecule has 1 unspecified atom stereocenters. The Morgan fingerprint density at radius 3 is 2.82 bits per heavy atom. The number of carbonyl (C=O) groups is 1. The molecule has 1 amide bonds. The molecule has 0 fully saturated rings. The largest absolute Gasteiger partial charge is 0.508 e. The summed E-state index contributed by atoms with van der Waals surface area (Å²) in [5, 5.41) is 9.49. The van der Waals surface area contributed by atoms with Crippen LogP contribution in [0.15, 0.2) is 18.2 Å². The fourth-order valence-electron chi connectivity index (χ4n) is 2.02. The van der Waals surface area contributed by atoms with Crippen LogP contribution in [-0.4, -0.2) is 23.7 Å². The Balaban J connectivity index is 2.43. The van der Waals surface area contributed by atoms with Crippen molar-refractivity contribution >= 4 is 11.6 Å². The van der Waals surface area contributed by atoms with Crippen LogP contribution in [0.25, 0.3) is 0 Å². The lowest BCUT2D eigenvalue weighted by atomic mass is 10.1. The van der Waals surface area contributed by atoms with Gasteiger partial charge in [-0.05, 0) is 25.0 Å². The number of phenolic OH excluding ortho intramolecular Hbond substituents is 1. The summed E-state index contributed by atoms with van der Waals surface area (Å²) in [7, 11) is 0. The fourth-order valence-corrected chi connectivity index (χ4v) is 2.02. The Labute approximate surface area is 101 Å². The number of benzene rings is 1. The molecule has 1 atom stereocenters. The monoisotopic (exact) mass is 235 g/mol. The van der Waals surface area contributed by atoms with Crippen molar-refractivity contribution in [3.63, 3.8) is 0 Å². The van der Waals surface area contributed by atoms with E-state index in [4.69, 9.17) is 4.74 Å². The molecule has 0 radical (unpaired) electrons. The Morgan fingerprint density at radius 1 is 1.41 bits per heavy atom. The Kier molecular flexibility index (Phi) is 3.22. The minimum Gasteiger partial charge on any atom is -0.508 e. The molecule has 0 saturated heterocycles. The lowest BCUT2D eigenvalue weighted by Crippen LogP contribution is -2.45. The first-order valence-corrected chi connectivity index (χ1v) is 5.98. The Hall–Kier alpha value is -1.71. The predicted octanol–water partition coefficient (Wildman–Crippen LogP) is 2.31. The molecule has 4 heteroatoms. The molecule has 2 rings (SSSR count). The van der Waals surface area contributed by atoms with E-state index in [-0.39, 0.29) is 11.7 Å². The van der Waals surface area contributed by atoms with Crippen LogP contribution in [0.4, 0.5) is 5.69 Å². The quantitative estimate of drug-likeness (QED) is 0.874. The first-order chi connectivity index (χ1) is 8.17. The number of rotatable bonds is 3. The van der Waals surface area contributed by atoms with Crippen molar-refractivity contribution in [3.05, 3.63) is 18.2 Å². The summed E-state index contributed by atoms with van der Waals surface area (Å²) < 4.78 is 5.62. The zero-order valence-corrected chi connectivity index (χ0v) is 10.1. The van der Waals surface area contributed by atoms with E-state index >= 15 is 0 Å². The Morgan fingerprint density at radius 2 is 2.18 bits per heavy atom. The lowest BCUT2D eigenvalue weighted by Gasteiger charge is -2.33. The molecule has 1 aromatic carbocycles. The van der Waals surface area contributed by atoms with Crippen LogP contribution in [0.2, 0.25) is 0 Å².